The summed E-state index contributed by atoms with van der Waals surface area (Å²) in [5.74, 6) is 1.15. The van der Waals surface area contributed by atoms with E-state index in [1.807, 2.05) is 0 Å². The van der Waals surface area contributed by atoms with Gasteiger partial charge < -0.3 is 5.32 Å². The van der Waals surface area contributed by atoms with Crippen molar-refractivity contribution in [3.05, 3.63) is 0 Å². The van der Waals surface area contributed by atoms with E-state index in [-0.39, 0.29) is 5.92 Å². The van der Waals surface area contributed by atoms with Crippen LogP contribution in [0.2, 0.25) is 0 Å². The van der Waals surface area contributed by atoms with Crippen molar-refractivity contribution in [1.82, 2.24) is 5.32 Å². The Morgan fingerprint density at radius 2 is 1.93 bits per heavy atom. The zero-order valence-electron chi connectivity index (χ0n) is 9.71. The molecule has 2 aliphatic carbocycles. The number of hydrogen-bond donors (Lipinski definition) is 1. The first-order valence-electron chi connectivity index (χ1n) is 6.45. The third-order valence-electron chi connectivity index (χ3n) is 4.07. The molecule has 2 heteroatoms. The Morgan fingerprint density at radius 3 is 2.67 bits per heavy atom. The molecule has 0 saturated heterocycles. The zero-order chi connectivity index (χ0) is 10.7. The molecule has 15 heavy (non-hydrogen) atoms. The fourth-order valence-electron chi connectivity index (χ4n) is 3.20. The Hall–Kier alpha value is -0.550. The van der Waals surface area contributed by atoms with Crippen LogP contribution in [0.1, 0.15) is 51.9 Å². The lowest BCUT2D eigenvalue weighted by atomic mass is 9.86. The van der Waals surface area contributed by atoms with Crippen molar-refractivity contribution >= 4 is 0 Å². The molecule has 0 aromatic rings. The number of nitrogens with zero attached hydrogens (tertiary/aromatic N) is 1. The minimum absolute atomic E-state index is 0.280. The second-order valence-corrected chi connectivity index (χ2v) is 5.41. The smallest absolute Gasteiger partial charge is 0.0672 e. The first kappa shape index (κ1) is 11.0. The fourth-order valence-corrected chi connectivity index (χ4v) is 3.20. The third kappa shape index (κ3) is 2.72. The molecule has 0 spiro atoms. The highest BCUT2D eigenvalue weighted by molar-refractivity contribution is 4.97. The van der Waals surface area contributed by atoms with E-state index in [1.54, 1.807) is 0 Å². The molecule has 1 N–H and O–H groups in total. The Morgan fingerprint density at radius 1 is 1.13 bits per heavy atom. The second kappa shape index (κ2) is 4.99. The summed E-state index contributed by atoms with van der Waals surface area (Å²) in [7, 11) is 0. The maximum atomic E-state index is 9.03. The van der Waals surface area contributed by atoms with Crippen LogP contribution in [-0.2, 0) is 0 Å². The van der Waals surface area contributed by atoms with E-state index >= 15 is 0 Å². The molecule has 4 atom stereocenters. The Balaban J connectivity index is 1.83. The van der Waals surface area contributed by atoms with Crippen molar-refractivity contribution in [3.8, 4) is 6.07 Å². The molecule has 0 bridgehead atoms. The van der Waals surface area contributed by atoms with Gasteiger partial charge in [0.2, 0.25) is 0 Å². The van der Waals surface area contributed by atoms with Crippen LogP contribution in [0.4, 0.5) is 0 Å². The molecule has 0 radical (unpaired) electrons. The third-order valence-corrected chi connectivity index (χ3v) is 4.07. The number of rotatable bonds is 2. The minimum Gasteiger partial charge on any atom is -0.310 e. The van der Waals surface area contributed by atoms with Crippen LogP contribution < -0.4 is 5.32 Å². The van der Waals surface area contributed by atoms with Crippen molar-refractivity contribution in [2.45, 2.75) is 64.0 Å². The monoisotopic (exact) mass is 206 g/mol. The van der Waals surface area contributed by atoms with Crippen molar-refractivity contribution < 1.29 is 0 Å². The summed E-state index contributed by atoms with van der Waals surface area (Å²) in [6.45, 7) is 2.35. The molecule has 0 aromatic carbocycles. The van der Waals surface area contributed by atoms with E-state index in [0.29, 0.717) is 12.1 Å². The fraction of sp³-hybridized carbons (Fsp3) is 0.923. The molecule has 0 heterocycles. The predicted molar refractivity (Wildman–Crippen MR) is 61.3 cm³/mol. The molecule has 4 unspecified atom stereocenters. The molecular weight excluding hydrogens is 184 g/mol. The maximum absolute atomic E-state index is 9.03. The lowest BCUT2D eigenvalue weighted by molar-refractivity contribution is 0.271. The maximum Gasteiger partial charge on any atom is 0.0672 e. The van der Waals surface area contributed by atoms with Gasteiger partial charge in [-0.2, -0.15) is 5.26 Å². The molecule has 0 amide bonds. The Labute approximate surface area is 93.0 Å². The van der Waals surface area contributed by atoms with Gasteiger partial charge >= 0.3 is 0 Å². The lowest BCUT2D eigenvalue weighted by Gasteiger charge is -2.31. The zero-order valence-corrected chi connectivity index (χ0v) is 9.71. The van der Waals surface area contributed by atoms with E-state index in [0.717, 1.165) is 12.3 Å². The van der Waals surface area contributed by atoms with Crippen molar-refractivity contribution in [1.29, 1.82) is 5.26 Å². The van der Waals surface area contributed by atoms with Gasteiger partial charge in [-0.3, -0.25) is 0 Å². The second-order valence-electron chi connectivity index (χ2n) is 5.41. The van der Waals surface area contributed by atoms with Crippen LogP contribution in [0.3, 0.4) is 0 Å². The highest BCUT2D eigenvalue weighted by Gasteiger charge is 2.30. The van der Waals surface area contributed by atoms with Crippen LogP contribution in [0.25, 0.3) is 0 Å². The van der Waals surface area contributed by atoms with Gasteiger partial charge in [-0.25, -0.2) is 0 Å². The van der Waals surface area contributed by atoms with Crippen LogP contribution in [0, 0.1) is 23.2 Å². The summed E-state index contributed by atoms with van der Waals surface area (Å²) in [4.78, 5) is 0. The SMILES string of the molecule is CC1CCCC(NC2CCCC2C#N)C1. The summed E-state index contributed by atoms with van der Waals surface area (Å²) < 4.78 is 0. The lowest BCUT2D eigenvalue weighted by Crippen LogP contribution is -2.42. The highest BCUT2D eigenvalue weighted by atomic mass is 15.0. The quantitative estimate of drug-likeness (QED) is 0.754. The average Bonchev–Trinajstić information content (AvgIpc) is 2.65. The van der Waals surface area contributed by atoms with Crippen LogP contribution >= 0.6 is 0 Å². The molecule has 2 nitrogen and oxygen atoms in total. The van der Waals surface area contributed by atoms with Gasteiger partial charge in [0.1, 0.15) is 0 Å². The predicted octanol–water partition coefficient (Wildman–Crippen LogP) is 2.85. The Bertz CT molecular complexity index is 243. The molecule has 2 aliphatic rings. The van der Waals surface area contributed by atoms with E-state index in [9.17, 15) is 0 Å². The van der Waals surface area contributed by atoms with E-state index in [2.05, 4.69) is 18.3 Å². The molecular formula is C13H22N2. The van der Waals surface area contributed by atoms with Gasteiger partial charge in [0.25, 0.3) is 0 Å². The van der Waals surface area contributed by atoms with Gasteiger partial charge in [0, 0.05) is 12.1 Å². The van der Waals surface area contributed by atoms with Gasteiger partial charge in [0.15, 0.2) is 0 Å². The summed E-state index contributed by atoms with van der Waals surface area (Å²) in [5, 5.41) is 12.8. The van der Waals surface area contributed by atoms with E-state index in [4.69, 9.17) is 5.26 Å². The van der Waals surface area contributed by atoms with E-state index in [1.165, 1.54) is 38.5 Å². The molecule has 0 aliphatic heterocycles. The van der Waals surface area contributed by atoms with E-state index < -0.39 is 0 Å². The van der Waals surface area contributed by atoms with Crippen molar-refractivity contribution in [3.63, 3.8) is 0 Å². The van der Waals surface area contributed by atoms with Crippen LogP contribution in [0.15, 0.2) is 0 Å². The summed E-state index contributed by atoms with van der Waals surface area (Å²) >= 11 is 0. The standard InChI is InChI=1S/C13H22N2/c1-10-4-2-6-12(8-10)15-13-7-3-5-11(13)9-14/h10-13,15H,2-8H2,1H3. The summed E-state index contributed by atoms with van der Waals surface area (Å²) in [6.07, 6.45) is 8.94. The average molecular weight is 206 g/mol. The van der Waals surface area contributed by atoms with Gasteiger partial charge in [-0.15, -0.1) is 0 Å². The molecule has 0 aromatic heterocycles. The first-order valence-corrected chi connectivity index (χ1v) is 6.45. The Kier molecular flexibility index (Phi) is 3.64. The highest BCUT2D eigenvalue weighted by Crippen LogP contribution is 2.29. The minimum atomic E-state index is 0.280. The van der Waals surface area contributed by atoms with Crippen LogP contribution in [0.5, 0.6) is 0 Å². The molecule has 2 saturated carbocycles. The summed E-state index contributed by atoms with van der Waals surface area (Å²) in [6, 6.07) is 3.63. The van der Waals surface area contributed by atoms with Crippen LogP contribution in [-0.4, -0.2) is 12.1 Å². The number of nitrogens with one attached hydrogen (secondary N) is 1. The van der Waals surface area contributed by atoms with Crippen molar-refractivity contribution in [2.75, 3.05) is 0 Å². The summed E-state index contributed by atoms with van der Waals surface area (Å²) in [5.41, 5.74) is 0. The van der Waals surface area contributed by atoms with Gasteiger partial charge in [-0.1, -0.05) is 26.2 Å². The van der Waals surface area contributed by atoms with Crippen molar-refractivity contribution in [2.24, 2.45) is 11.8 Å². The molecule has 2 fully saturated rings. The number of nitriles is 1. The molecule has 84 valence electrons. The van der Waals surface area contributed by atoms with Gasteiger partial charge in [0.05, 0.1) is 12.0 Å². The normalized spacial score (nSPS) is 41.3. The molecule has 2 rings (SSSR count). The largest absolute Gasteiger partial charge is 0.310 e. The first-order chi connectivity index (χ1) is 7.29. The van der Waals surface area contributed by atoms with Gasteiger partial charge in [-0.05, 0) is 31.6 Å². The number of hydrogen-bond acceptors (Lipinski definition) is 2. The topological polar surface area (TPSA) is 35.8 Å².